The minimum absolute atomic E-state index is 0.0869. The van der Waals surface area contributed by atoms with E-state index in [-0.39, 0.29) is 11.8 Å². The highest BCUT2D eigenvalue weighted by atomic mass is 16.2. The van der Waals surface area contributed by atoms with Crippen molar-refractivity contribution in [3.8, 4) is 5.82 Å². The monoisotopic (exact) mass is 229 g/mol. The Kier molecular flexibility index (Phi) is 2.32. The normalized spacial score (nSPS) is 14.6. The molecule has 2 aromatic heterocycles. The predicted octanol–water partition coefficient (Wildman–Crippen LogP) is 1.01. The van der Waals surface area contributed by atoms with E-state index in [4.69, 9.17) is 0 Å². The number of nitrogens with zero attached hydrogens (tertiary/aromatic N) is 4. The van der Waals surface area contributed by atoms with E-state index in [1.807, 2.05) is 12.1 Å². The number of amides is 1. The van der Waals surface area contributed by atoms with E-state index in [1.54, 1.807) is 23.4 Å². The van der Waals surface area contributed by atoms with Crippen LogP contribution in [-0.2, 0) is 4.79 Å². The summed E-state index contributed by atoms with van der Waals surface area (Å²) in [6.07, 6.45) is 6.78. The maximum absolute atomic E-state index is 11.5. The van der Waals surface area contributed by atoms with E-state index >= 15 is 0 Å². The van der Waals surface area contributed by atoms with Crippen LogP contribution in [0.3, 0.4) is 0 Å². The van der Waals surface area contributed by atoms with Crippen molar-refractivity contribution in [3.63, 3.8) is 0 Å². The fraction of sp³-hybridized carbons (Fsp3) is 0.273. The van der Waals surface area contributed by atoms with Gasteiger partial charge in [0.05, 0.1) is 11.9 Å². The quantitative estimate of drug-likeness (QED) is 0.852. The minimum atomic E-state index is 0.0869. The fourth-order valence-electron chi connectivity index (χ4n) is 1.52. The Bertz CT molecular complexity index is 515. The van der Waals surface area contributed by atoms with Crippen LogP contribution in [0, 0.1) is 5.92 Å². The summed E-state index contributed by atoms with van der Waals surface area (Å²) in [6, 6.07) is 3.63. The standard InChI is InChI=1S/C11H11N5O/c17-11(8-1-2-8)15-9-3-4-10(12-5-9)16-6-13-14-7-16/h3-8H,1-2H2,(H,15,17). The van der Waals surface area contributed by atoms with Gasteiger partial charge in [0, 0.05) is 5.92 Å². The highest BCUT2D eigenvalue weighted by Crippen LogP contribution is 2.30. The third-order valence-electron chi connectivity index (χ3n) is 2.65. The van der Waals surface area contributed by atoms with Crippen molar-refractivity contribution in [3.05, 3.63) is 31.0 Å². The van der Waals surface area contributed by atoms with Gasteiger partial charge in [-0.1, -0.05) is 0 Å². The predicted molar refractivity (Wildman–Crippen MR) is 60.5 cm³/mol. The molecule has 2 aromatic rings. The highest BCUT2D eigenvalue weighted by molar-refractivity contribution is 5.93. The third kappa shape index (κ3) is 2.15. The Balaban J connectivity index is 1.73. The Labute approximate surface area is 97.7 Å². The number of hydrogen-bond donors (Lipinski definition) is 1. The van der Waals surface area contributed by atoms with Crippen LogP contribution in [0.25, 0.3) is 5.82 Å². The van der Waals surface area contributed by atoms with Crippen molar-refractivity contribution in [2.75, 3.05) is 5.32 Å². The van der Waals surface area contributed by atoms with Crippen LogP contribution in [-0.4, -0.2) is 25.7 Å². The van der Waals surface area contributed by atoms with Gasteiger partial charge in [-0.15, -0.1) is 10.2 Å². The molecule has 1 amide bonds. The molecule has 0 saturated heterocycles. The molecule has 6 nitrogen and oxygen atoms in total. The summed E-state index contributed by atoms with van der Waals surface area (Å²) < 4.78 is 1.70. The van der Waals surface area contributed by atoms with Crippen molar-refractivity contribution >= 4 is 11.6 Å². The van der Waals surface area contributed by atoms with E-state index in [2.05, 4.69) is 20.5 Å². The van der Waals surface area contributed by atoms with Gasteiger partial charge in [0.25, 0.3) is 0 Å². The first-order chi connectivity index (χ1) is 8.33. The van der Waals surface area contributed by atoms with Crippen LogP contribution < -0.4 is 5.32 Å². The number of carbonyl (C=O) groups excluding carboxylic acids is 1. The summed E-state index contributed by atoms with van der Waals surface area (Å²) in [5.74, 6) is 1.01. The molecular weight excluding hydrogens is 218 g/mol. The van der Waals surface area contributed by atoms with Gasteiger partial charge >= 0.3 is 0 Å². The lowest BCUT2D eigenvalue weighted by atomic mass is 10.3. The highest BCUT2D eigenvalue weighted by Gasteiger charge is 2.29. The topological polar surface area (TPSA) is 72.7 Å². The summed E-state index contributed by atoms with van der Waals surface area (Å²) >= 11 is 0. The summed E-state index contributed by atoms with van der Waals surface area (Å²) in [5, 5.41) is 10.2. The number of hydrogen-bond acceptors (Lipinski definition) is 4. The van der Waals surface area contributed by atoms with E-state index in [0.29, 0.717) is 0 Å². The Morgan fingerprint density at radius 1 is 1.29 bits per heavy atom. The zero-order valence-electron chi connectivity index (χ0n) is 9.08. The molecule has 3 rings (SSSR count). The number of carbonyl (C=O) groups is 1. The second kappa shape index (κ2) is 3.97. The lowest BCUT2D eigenvalue weighted by molar-refractivity contribution is -0.117. The number of rotatable bonds is 3. The molecule has 0 aromatic carbocycles. The molecule has 1 fully saturated rings. The largest absolute Gasteiger partial charge is 0.324 e. The van der Waals surface area contributed by atoms with Crippen LogP contribution in [0.1, 0.15) is 12.8 Å². The SMILES string of the molecule is O=C(Nc1ccc(-n2cnnc2)nc1)C1CC1. The van der Waals surface area contributed by atoms with E-state index in [9.17, 15) is 4.79 Å². The Hall–Kier alpha value is -2.24. The zero-order valence-corrected chi connectivity index (χ0v) is 9.08. The first-order valence-corrected chi connectivity index (χ1v) is 5.45. The van der Waals surface area contributed by atoms with E-state index in [0.717, 1.165) is 24.3 Å². The van der Waals surface area contributed by atoms with E-state index < -0.39 is 0 Å². The smallest absolute Gasteiger partial charge is 0.227 e. The number of nitrogens with one attached hydrogen (secondary N) is 1. The van der Waals surface area contributed by atoms with Crippen LogP contribution in [0.15, 0.2) is 31.0 Å². The Morgan fingerprint density at radius 3 is 2.65 bits per heavy atom. The maximum atomic E-state index is 11.5. The van der Waals surface area contributed by atoms with Crippen LogP contribution in [0.2, 0.25) is 0 Å². The molecule has 1 aliphatic carbocycles. The second-order valence-corrected chi connectivity index (χ2v) is 4.04. The van der Waals surface area contributed by atoms with Gasteiger partial charge in [-0.05, 0) is 25.0 Å². The molecular formula is C11H11N5O. The van der Waals surface area contributed by atoms with Crippen molar-refractivity contribution < 1.29 is 4.79 Å². The van der Waals surface area contributed by atoms with Gasteiger partial charge < -0.3 is 5.32 Å². The van der Waals surface area contributed by atoms with Crippen LogP contribution in [0.4, 0.5) is 5.69 Å². The van der Waals surface area contributed by atoms with Gasteiger partial charge in [0.1, 0.15) is 18.5 Å². The molecule has 1 N–H and O–H groups in total. The number of pyridine rings is 1. The molecule has 0 atom stereocenters. The van der Waals surface area contributed by atoms with Crippen LogP contribution in [0.5, 0.6) is 0 Å². The van der Waals surface area contributed by atoms with Crippen molar-refractivity contribution in [1.82, 2.24) is 19.7 Å². The molecule has 0 aliphatic heterocycles. The first-order valence-electron chi connectivity index (χ1n) is 5.45. The fourth-order valence-corrected chi connectivity index (χ4v) is 1.52. The molecule has 0 radical (unpaired) electrons. The molecule has 0 unspecified atom stereocenters. The van der Waals surface area contributed by atoms with Crippen LogP contribution >= 0.6 is 0 Å². The maximum Gasteiger partial charge on any atom is 0.227 e. The number of anilines is 1. The molecule has 0 spiro atoms. The van der Waals surface area contributed by atoms with Gasteiger partial charge in [0.15, 0.2) is 0 Å². The summed E-state index contributed by atoms with van der Waals surface area (Å²) in [5.41, 5.74) is 0.721. The van der Waals surface area contributed by atoms with Crippen molar-refractivity contribution in [1.29, 1.82) is 0 Å². The summed E-state index contributed by atoms with van der Waals surface area (Å²) in [6.45, 7) is 0. The van der Waals surface area contributed by atoms with Gasteiger partial charge in [-0.2, -0.15) is 0 Å². The average Bonchev–Trinajstić information content (AvgIpc) is 3.07. The van der Waals surface area contributed by atoms with Gasteiger partial charge in [0.2, 0.25) is 5.91 Å². The zero-order chi connectivity index (χ0) is 11.7. The number of aromatic nitrogens is 4. The van der Waals surface area contributed by atoms with Crippen molar-refractivity contribution in [2.45, 2.75) is 12.8 Å². The van der Waals surface area contributed by atoms with Gasteiger partial charge in [-0.25, -0.2) is 4.98 Å². The molecule has 1 aliphatic rings. The first kappa shape index (κ1) is 9.95. The third-order valence-corrected chi connectivity index (χ3v) is 2.65. The molecule has 6 heteroatoms. The van der Waals surface area contributed by atoms with E-state index in [1.165, 1.54) is 0 Å². The summed E-state index contributed by atoms with van der Waals surface area (Å²) in [7, 11) is 0. The average molecular weight is 229 g/mol. The molecule has 86 valence electrons. The Morgan fingerprint density at radius 2 is 2.06 bits per heavy atom. The van der Waals surface area contributed by atoms with Gasteiger partial charge in [-0.3, -0.25) is 9.36 Å². The lowest BCUT2D eigenvalue weighted by Crippen LogP contribution is -2.13. The minimum Gasteiger partial charge on any atom is -0.324 e. The second-order valence-electron chi connectivity index (χ2n) is 4.04. The lowest BCUT2D eigenvalue weighted by Gasteiger charge is -2.04. The molecule has 1 saturated carbocycles. The van der Waals surface area contributed by atoms with Crippen molar-refractivity contribution in [2.24, 2.45) is 5.92 Å². The molecule has 0 bridgehead atoms. The summed E-state index contributed by atoms with van der Waals surface area (Å²) in [4.78, 5) is 15.7. The molecule has 17 heavy (non-hydrogen) atoms. The molecule has 2 heterocycles.